The molecule has 0 unspecified atom stereocenters. The molecule has 4 aromatic rings. The van der Waals surface area contributed by atoms with Crippen molar-refractivity contribution >= 4 is 45.1 Å². The van der Waals surface area contributed by atoms with E-state index in [1.54, 1.807) is 11.3 Å². The molecule has 11 heteroatoms. The predicted molar refractivity (Wildman–Crippen MR) is 112 cm³/mol. The lowest BCUT2D eigenvalue weighted by Crippen LogP contribution is -2.08. The Bertz CT molecular complexity index is 1100. The molecule has 0 aliphatic heterocycles. The molecule has 4 rings (SSSR count). The Morgan fingerprint density at radius 3 is 2.57 bits per heavy atom. The fraction of sp³-hybridized carbons (Fsp3) is 0.118. The van der Waals surface area contributed by atoms with E-state index in [-0.39, 0.29) is 5.00 Å². The SMILES string of the molecule is CN(C)c1ccc(-n2c(Sc3ncc([N+](=O)[O-])s3)nnc2-c2cccs2)cc1. The highest BCUT2D eigenvalue weighted by molar-refractivity contribution is 8.01. The van der Waals surface area contributed by atoms with E-state index in [0.29, 0.717) is 9.50 Å². The van der Waals surface area contributed by atoms with E-state index < -0.39 is 4.92 Å². The normalized spacial score (nSPS) is 10.9. The largest absolute Gasteiger partial charge is 0.378 e. The summed E-state index contributed by atoms with van der Waals surface area (Å²) in [6.07, 6.45) is 1.26. The van der Waals surface area contributed by atoms with Gasteiger partial charge in [-0.25, -0.2) is 4.98 Å². The zero-order valence-corrected chi connectivity index (χ0v) is 17.3. The van der Waals surface area contributed by atoms with Gasteiger partial charge in [0.1, 0.15) is 6.20 Å². The van der Waals surface area contributed by atoms with Gasteiger partial charge in [0.25, 0.3) is 0 Å². The van der Waals surface area contributed by atoms with Crippen molar-refractivity contribution in [3.8, 4) is 16.4 Å². The van der Waals surface area contributed by atoms with Gasteiger partial charge in [-0.2, -0.15) is 0 Å². The third-order valence-corrected chi connectivity index (χ3v) is 6.67. The maximum absolute atomic E-state index is 10.9. The molecule has 0 saturated heterocycles. The van der Waals surface area contributed by atoms with Crippen LogP contribution in [0.2, 0.25) is 0 Å². The van der Waals surface area contributed by atoms with Crippen LogP contribution < -0.4 is 4.90 Å². The molecule has 0 N–H and O–H groups in total. The number of rotatable bonds is 6. The maximum Gasteiger partial charge on any atom is 0.344 e. The van der Waals surface area contributed by atoms with Gasteiger partial charge < -0.3 is 4.90 Å². The third kappa shape index (κ3) is 3.63. The average molecular weight is 431 g/mol. The van der Waals surface area contributed by atoms with Crippen LogP contribution in [0, 0.1) is 10.1 Å². The number of thiophene rings is 1. The summed E-state index contributed by atoms with van der Waals surface area (Å²) in [5.74, 6) is 0.723. The number of anilines is 1. The number of thiazole rings is 1. The molecular formula is C17H14N6O2S3. The minimum atomic E-state index is -0.441. The Labute approximate surface area is 172 Å². The van der Waals surface area contributed by atoms with E-state index in [9.17, 15) is 10.1 Å². The van der Waals surface area contributed by atoms with Crippen molar-refractivity contribution < 1.29 is 4.92 Å². The van der Waals surface area contributed by atoms with Crippen molar-refractivity contribution in [2.45, 2.75) is 9.50 Å². The number of benzene rings is 1. The van der Waals surface area contributed by atoms with E-state index >= 15 is 0 Å². The first kappa shape index (κ1) is 18.6. The fourth-order valence-corrected chi connectivity index (χ4v) is 4.93. The van der Waals surface area contributed by atoms with Crippen molar-refractivity contribution in [2.75, 3.05) is 19.0 Å². The number of nitro groups is 1. The Hall–Kier alpha value is -2.76. The van der Waals surface area contributed by atoms with Crippen molar-refractivity contribution in [1.82, 2.24) is 19.7 Å². The zero-order chi connectivity index (χ0) is 19.7. The molecule has 3 heterocycles. The Morgan fingerprint density at radius 2 is 1.96 bits per heavy atom. The maximum atomic E-state index is 10.9. The van der Waals surface area contributed by atoms with Crippen LogP contribution in [0.1, 0.15) is 0 Å². The summed E-state index contributed by atoms with van der Waals surface area (Å²) >= 11 is 3.86. The smallest absolute Gasteiger partial charge is 0.344 e. The van der Waals surface area contributed by atoms with Gasteiger partial charge in [0.2, 0.25) is 5.16 Å². The summed E-state index contributed by atoms with van der Waals surface area (Å²) in [5, 5.41) is 22.2. The second-order valence-electron chi connectivity index (χ2n) is 5.85. The van der Waals surface area contributed by atoms with Crippen LogP contribution in [-0.2, 0) is 0 Å². The molecule has 0 saturated carbocycles. The monoisotopic (exact) mass is 430 g/mol. The lowest BCUT2D eigenvalue weighted by Gasteiger charge is -2.14. The van der Waals surface area contributed by atoms with Gasteiger partial charge >= 0.3 is 5.00 Å². The number of aromatic nitrogens is 4. The number of nitrogens with zero attached hydrogens (tertiary/aromatic N) is 6. The molecule has 0 spiro atoms. The molecule has 0 atom stereocenters. The summed E-state index contributed by atoms with van der Waals surface area (Å²) in [6, 6.07) is 12.0. The first-order chi connectivity index (χ1) is 13.5. The Kier molecular flexibility index (Phi) is 5.11. The van der Waals surface area contributed by atoms with E-state index in [4.69, 9.17) is 0 Å². The second kappa shape index (κ2) is 7.70. The van der Waals surface area contributed by atoms with E-state index in [0.717, 1.165) is 33.4 Å². The topological polar surface area (TPSA) is 90.0 Å². The average Bonchev–Trinajstić information content (AvgIpc) is 3.42. The summed E-state index contributed by atoms with van der Waals surface area (Å²) in [4.78, 5) is 17.6. The molecular weight excluding hydrogens is 416 g/mol. The summed E-state index contributed by atoms with van der Waals surface area (Å²) in [7, 11) is 3.98. The lowest BCUT2D eigenvalue weighted by molar-refractivity contribution is -0.380. The molecule has 0 amide bonds. The van der Waals surface area contributed by atoms with Gasteiger partial charge in [0.05, 0.1) is 9.80 Å². The number of hydrogen-bond donors (Lipinski definition) is 0. The molecule has 8 nitrogen and oxygen atoms in total. The predicted octanol–water partition coefficient (Wildman–Crippen LogP) is 4.58. The fourth-order valence-electron chi connectivity index (χ4n) is 2.49. The highest BCUT2D eigenvalue weighted by atomic mass is 32.2. The number of hydrogen-bond acceptors (Lipinski definition) is 9. The highest BCUT2D eigenvalue weighted by Crippen LogP contribution is 2.37. The van der Waals surface area contributed by atoms with Crippen molar-refractivity contribution in [3.63, 3.8) is 0 Å². The molecule has 0 bridgehead atoms. The van der Waals surface area contributed by atoms with Crippen molar-refractivity contribution in [1.29, 1.82) is 0 Å². The first-order valence-electron chi connectivity index (χ1n) is 8.08. The van der Waals surface area contributed by atoms with E-state index in [1.807, 2.05) is 65.3 Å². The molecule has 0 aliphatic carbocycles. The minimum absolute atomic E-state index is 0.00221. The van der Waals surface area contributed by atoms with Crippen LogP contribution in [0.25, 0.3) is 16.4 Å². The van der Waals surface area contributed by atoms with Crippen LogP contribution in [0.5, 0.6) is 0 Å². The van der Waals surface area contributed by atoms with Gasteiger partial charge in [-0.3, -0.25) is 14.7 Å². The molecule has 0 aliphatic rings. The Balaban J connectivity index is 1.77. The van der Waals surface area contributed by atoms with Gasteiger partial charge in [-0.15, -0.1) is 21.5 Å². The lowest BCUT2D eigenvalue weighted by atomic mass is 10.2. The van der Waals surface area contributed by atoms with E-state index in [1.165, 1.54) is 18.0 Å². The van der Waals surface area contributed by atoms with Gasteiger partial charge in [0.15, 0.2) is 10.2 Å². The second-order valence-corrected chi connectivity index (χ2v) is 9.02. The van der Waals surface area contributed by atoms with Crippen molar-refractivity contribution in [2.24, 2.45) is 0 Å². The molecule has 142 valence electrons. The van der Waals surface area contributed by atoms with E-state index in [2.05, 4.69) is 15.2 Å². The van der Waals surface area contributed by atoms with Crippen LogP contribution >= 0.6 is 34.4 Å². The van der Waals surface area contributed by atoms with Gasteiger partial charge in [-0.05, 0) is 58.8 Å². The zero-order valence-electron chi connectivity index (χ0n) is 14.8. The third-order valence-electron chi connectivity index (χ3n) is 3.83. The molecule has 0 radical (unpaired) electrons. The van der Waals surface area contributed by atoms with Crippen LogP contribution in [0.15, 0.2) is 57.5 Å². The quantitative estimate of drug-likeness (QED) is 0.327. The van der Waals surface area contributed by atoms with Crippen LogP contribution in [0.3, 0.4) is 0 Å². The summed E-state index contributed by atoms with van der Waals surface area (Å²) < 4.78 is 2.49. The summed E-state index contributed by atoms with van der Waals surface area (Å²) in [6.45, 7) is 0. The molecule has 28 heavy (non-hydrogen) atoms. The van der Waals surface area contributed by atoms with Crippen LogP contribution in [-0.4, -0.2) is 38.8 Å². The highest BCUT2D eigenvalue weighted by Gasteiger charge is 2.20. The summed E-state index contributed by atoms with van der Waals surface area (Å²) in [5.41, 5.74) is 1.99. The molecule has 0 fully saturated rings. The first-order valence-corrected chi connectivity index (χ1v) is 10.6. The molecule has 1 aromatic carbocycles. The standard InChI is InChI=1S/C17H14N6O2S3/c1-21(2)11-5-7-12(8-6-11)22-15(13-4-3-9-26-13)19-20-16(22)28-17-18-10-14(27-17)23(24)25/h3-10H,1-2H3. The van der Waals surface area contributed by atoms with Crippen LogP contribution in [0.4, 0.5) is 10.7 Å². The minimum Gasteiger partial charge on any atom is -0.378 e. The van der Waals surface area contributed by atoms with Gasteiger partial charge in [-0.1, -0.05) is 6.07 Å². The Morgan fingerprint density at radius 1 is 1.18 bits per heavy atom. The van der Waals surface area contributed by atoms with Gasteiger partial charge in [0, 0.05) is 25.5 Å². The van der Waals surface area contributed by atoms with Crippen molar-refractivity contribution in [3.05, 3.63) is 58.1 Å². The molecule has 3 aromatic heterocycles.